The van der Waals surface area contributed by atoms with Crippen LogP contribution in [-0.4, -0.2) is 9.55 Å². The minimum atomic E-state index is -0.0888. The summed E-state index contributed by atoms with van der Waals surface area (Å²) in [6, 6.07) is 12.6. The van der Waals surface area contributed by atoms with E-state index in [1.54, 1.807) is 35.8 Å². The normalized spacial score (nSPS) is 11.0. The predicted molar refractivity (Wildman–Crippen MR) is 86.3 cm³/mol. The number of nitrogens with zero attached hydrogens (tertiary/aromatic N) is 2. The fourth-order valence-electron chi connectivity index (χ4n) is 2.31. The zero-order valence-corrected chi connectivity index (χ0v) is 12.8. The molecule has 0 radical (unpaired) electrons. The van der Waals surface area contributed by atoms with Crippen molar-refractivity contribution in [2.75, 3.05) is 0 Å². The number of rotatable bonds is 2. The molecule has 1 aromatic heterocycles. The van der Waals surface area contributed by atoms with E-state index < -0.39 is 0 Å². The van der Waals surface area contributed by atoms with E-state index in [1.165, 1.54) is 0 Å². The number of benzene rings is 2. The molecular formula is C16H12Cl2N2O. The largest absolute Gasteiger partial charge is 0.292 e. The van der Waals surface area contributed by atoms with E-state index in [9.17, 15) is 4.79 Å². The zero-order valence-electron chi connectivity index (χ0n) is 11.3. The fourth-order valence-corrected chi connectivity index (χ4v) is 2.82. The van der Waals surface area contributed by atoms with Crippen LogP contribution in [0.2, 0.25) is 10.0 Å². The first-order chi connectivity index (χ1) is 10.1. The molecule has 1 heterocycles. The summed E-state index contributed by atoms with van der Waals surface area (Å²) < 4.78 is 1.59. The highest BCUT2D eigenvalue weighted by Crippen LogP contribution is 2.25. The van der Waals surface area contributed by atoms with Crippen LogP contribution in [0, 0.1) is 6.92 Å². The first-order valence-electron chi connectivity index (χ1n) is 6.47. The van der Waals surface area contributed by atoms with Gasteiger partial charge in [0.2, 0.25) is 0 Å². The van der Waals surface area contributed by atoms with Gasteiger partial charge in [-0.15, -0.1) is 0 Å². The number of aryl methyl sites for hydroxylation is 1. The maximum absolute atomic E-state index is 12.6. The highest BCUT2D eigenvalue weighted by Gasteiger charge is 2.12. The number of halogens is 2. The van der Waals surface area contributed by atoms with Crippen molar-refractivity contribution in [3.63, 3.8) is 0 Å². The molecule has 0 atom stereocenters. The van der Waals surface area contributed by atoms with Crippen LogP contribution in [0.3, 0.4) is 0 Å². The average Bonchev–Trinajstić information content (AvgIpc) is 2.46. The molecule has 0 N–H and O–H groups in total. The number of fused-ring (bicyclic) bond motifs is 1. The molecule has 106 valence electrons. The van der Waals surface area contributed by atoms with E-state index in [0.717, 1.165) is 5.56 Å². The monoisotopic (exact) mass is 318 g/mol. The van der Waals surface area contributed by atoms with Gasteiger partial charge in [-0.2, -0.15) is 0 Å². The molecular weight excluding hydrogens is 307 g/mol. The summed E-state index contributed by atoms with van der Waals surface area (Å²) in [6.45, 7) is 2.11. The van der Waals surface area contributed by atoms with E-state index in [4.69, 9.17) is 23.2 Å². The summed E-state index contributed by atoms with van der Waals surface area (Å²) in [7, 11) is 0. The maximum atomic E-state index is 12.6. The fraction of sp³-hybridized carbons (Fsp3) is 0.125. The molecule has 5 heteroatoms. The number of hydrogen-bond donors (Lipinski definition) is 0. The Hall–Kier alpha value is -1.84. The van der Waals surface area contributed by atoms with Crippen LogP contribution in [0.25, 0.3) is 10.9 Å². The smallest absolute Gasteiger partial charge is 0.261 e. The summed E-state index contributed by atoms with van der Waals surface area (Å²) in [4.78, 5) is 17.1. The topological polar surface area (TPSA) is 34.9 Å². The van der Waals surface area contributed by atoms with E-state index in [2.05, 4.69) is 4.98 Å². The van der Waals surface area contributed by atoms with Crippen molar-refractivity contribution >= 4 is 34.1 Å². The van der Waals surface area contributed by atoms with Gasteiger partial charge in [0.1, 0.15) is 5.82 Å². The first kappa shape index (κ1) is 14.1. The lowest BCUT2D eigenvalue weighted by Crippen LogP contribution is -2.24. The van der Waals surface area contributed by atoms with Crippen LogP contribution in [0.4, 0.5) is 0 Å². The second-order valence-corrected chi connectivity index (χ2v) is 5.58. The van der Waals surface area contributed by atoms with Crippen LogP contribution in [-0.2, 0) is 6.54 Å². The summed E-state index contributed by atoms with van der Waals surface area (Å²) in [6.07, 6.45) is 0. The standard InChI is InChI=1S/C16H12Cl2N2O/c1-10-19-15-8-3-2-5-11(15)16(21)20(10)9-12-13(17)6-4-7-14(12)18/h2-8H,9H2,1H3. The van der Waals surface area contributed by atoms with Crippen LogP contribution in [0.5, 0.6) is 0 Å². The first-order valence-corrected chi connectivity index (χ1v) is 7.22. The van der Waals surface area contributed by atoms with E-state index >= 15 is 0 Å². The van der Waals surface area contributed by atoms with Crippen molar-refractivity contribution < 1.29 is 0 Å². The Morgan fingerprint density at radius 3 is 2.43 bits per heavy atom. The Bertz CT molecular complexity index is 867. The highest BCUT2D eigenvalue weighted by atomic mass is 35.5. The molecule has 0 aliphatic rings. The lowest BCUT2D eigenvalue weighted by molar-refractivity contribution is 0.713. The molecule has 3 nitrogen and oxygen atoms in total. The Morgan fingerprint density at radius 2 is 1.71 bits per heavy atom. The molecule has 0 bridgehead atoms. The molecule has 0 saturated heterocycles. The summed E-state index contributed by atoms with van der Waals surface area (Å²) in [5.74, 6) is 0.634. The summed E-state index contributed by atoms with van der Waals surface area (Å²) in [5.41, 5.74) is 1.33. The second kappa shape index (κ2) is 5.51. The van der Waals surface area contributed by atoms with Crippen LogP contribution >= 0.6 is 23.2 Å². The third-order valence-electron chi connectivity index (χ3n) is 3.43. The quantitative estimate of drug-likeness (QED) is 0.714. The van der Waals surface area contributed by atoms with Crippen molar-refractivity contribution in [2.24, 2.45) is 0 Å². The van der Waals surface area contributed by atoms with E-state index in [0.29, 0.717) is 33.3 Å². The minimum absolute atomic E-state index is 0.0888. The highest BCUT2D eigenvalue weighted by molar-refractivity contribution is 6.35. The van der Waals surface area contributed by atoms with Crippen molar-refractivity contribution in [1.82, 2.24) is 9.55 Å². The van der Waals surface area contributed by atoms with E-state index in [1.807, 2.05) is 18.2 Å². The van der Waals surface area contributed by atoms with Crippen molar-refractivity contribution in [1.29, 1.82) is 0 Å². The van der Waals surface area contributed by atoms with Crippen molar-refractivity contribution in [3.8, 4) is 0 Å². The van der Waals surface area contributed by atoms with Gasteiger partial charge < -0.3 is 0 Å². The third-order valence-corrected chi connectivity index (χ3v) is 4.14. The predicted octanol–water partition coefficient (Wildman–Crippen LogP) is 4.06. The molecule has 0 fully saturated rings. The van der Waals surface area contributed by atoms with Gasteiger partial charge in [0.15, 0.2) is 0 Å². The van der Waals surface area contributed by atoms with Crippen molar-refractivity contribution in [2.45, 2.75) is 13.5 Å². The number of aromatic nitrogens is 2. The maximum Gasteiger partial charge on any atom is 0.261 e. The Kier molecular flexibility index (Phi) is 3.70. The number of hydrogen-bond acceptors (Lipinski definition) is 2. The van der Waals surface area contributed by atoms with Crippen LogP contribution in [0.15, 0.2) is 47.3 Å². The number of para-hydroxylation sites is 1. The van der Waals surface area contributed by atoms with Gasteiger partial charge in [-0.25, -0.2) is 4.98 Å². The Morgan fingerprint density at radius 1 is 1.05 bits per heavy atom. The van der Waals surface area contributed by atoms with Crippen molar-refractivity contribution in [3.05, 3.63) is 74.3 Å². The molecule has 0 unspecified atom stereocenters. The summed E-state index contributed by atoms with van der Waals surface area (Å²) >= 11 is 12.4. The summed E-state index contributed by atoms with van der Waals surface area (Å²) in [5, 5.41) is 1.68. The van der Waals surface area contributed by atoms with Gasteiger partial charge >= 0.3 is 0 Å². The SMILES string of the molecule is Cc1nc2ccccc2c(=O)n1Cc1c(Cl)cccc1Cl. The second-order valence-electron chi connectivity index (χ2n) is 4.77. The molecule has 3 aromatic rings. The lowest BCUT2D eigenvalue weighted by atomic mass is 10.2. The van der Waals surface area contributed by atoms with Crippen LogP contribution in [0.1, 0.15) is 11.4 Å². The zero-order chi connectivity index (χ0) is 15.0. The Labute approximate surface area is 131 Å². The molecule has 21 heavy (non-hydrogen) atoms. The molecule has 0 aliphatic carbocycles. The lowest BCUT2D eigenvalue weighted by Gasteiger charge is -2.13. The molecule has 0 aliphatic heterocycles. The van der Waals surface area contributed by atoms with Gasteiger partial charge in [0.25, 0.3) is 5.56 Å². The molecule has 0 amide bonds. The average molecular weight is 319 g/mol. The van der Waals surface area contributed by atoms with Gasteiger partial charge in [0, 0.05) is 15.6 Å². The minimum Gasteiger partial charge on any atom is -0.292 e. The molecule has 3 rings (SSSR count). The van der Waals surface area contributed by atoms with Gasteiger partial charge in [-0.1, -0.05) is 41.4 Å². The van der Waals surface area contributed by atoms with Gasteiger partial charge in [0.05, 0.1) is 17.4 Å². The molecule has 0 spiro atoms. The third kappa shape index (κ3) is 2.55. The van der Waals surface area contributed by atoms with E-state index in [-0.39, 0.29) is 5.56 Å². The van der Waals surface area contributed by atoms with Gasteiger partial charge in [-0.05, 0) is 31.2 Å². The Balaban J connectivity index is 2.20. The molecule has 2 aromatic carbocycles. The van der Waals surface area contributed by atoms with Gasteiger partial charge in [-0.3, -0.25) is 9.36 Å². The van der Waals surface area contributed by atoms with Crippen LogP contribution < -0.4 is 5.56 Å². The molecule has 0 saturated carbocycles.